The summed E-state index contributed by atoms with van der Waals surface area (Å²) < 4.78 is 0. The van der Waals surface area contributed by atoms with E-state index in [1.165, 1.54) is 0 Å². The summed E-state index contributed by atoms with van der Waals surface area (Å²) in [5.74, 6) is 0. The molecule has 0 atom stereocenters. The van der Waals surface area contributed by atoms with Crippen molar-refractivity contribution in [1.29, 1.82) is 0 Å². The van der Waals surface area contributed by atoms with Gasteiger partial charge in [0.1, 0.15) is 0 Å². The van der Waals surface area contributed by atoms with Gasteiger partial charge in [-0.1, -0.05) is 0 Å². The van der Waals surface area contributed by atoms with Gasteiger partial charge in [0.25, 0.3) is 0 Å². The first-order chi connectivity index (χ1) is 0. The van der Waals surface area contributed by atoms with Crippen molar-refractivity contribution in [2.24, 2.45) is 0 Å². The predicted molar refractivity (Wildman–Crippen MR) is 5.75 cm³/mol. The summed E-state index contributed by atoms with van der Waals surface area (Å²) in [6, 6.07) is 0. The Bertz CT molecular complexity index is 6.00. The molecule has 0 N–H and O–H groups in total. The summed E-state index contributed by atoms with van der Waals surface area (Å²) >= 11 is 0. The second-order valence-electron chi connectivity index (χ2n) is 0. The number of hydrogen-bond donors (Lipinski definition) is 0. The third-order valence-corrected chi connectivity index (χ3v) is 0. The van der Waals surface area contributed by atoms with Crippen molar-refractivity contribution in [2.45, 2.75) is 0 Å². The molecule has 0 fully saturated rings. The Labute approximate surface area is 78.4 Å². The van der Waals surface area contributed by atoms with Crippen LogP contribution in [-0.2, 0) is 17.1 Å². The van der Waals surface area contributed by atoms with Gasteiger partial charge >= 0.3 is 54.8 Å². The van der Waals surface area contributed by atoms with Crippen LogP contribution < -0.4 is 24.8 Å². The van der Waals surface area contributed by atoms with Crippen molar-refractivity contribution in [2.75, 3.05) is 0 Å². The van der Waals surface area contributed by atoms with E-state index in [0.717, 1.165) is 0 Å². The molecule has 0 aliphatic carbocycles. The minimum Gasteiger partial charge on any atom is -1.00 e. The summed E-state index contributed by atoms with van der Waals surface area (Å²) in [7, 11) is 0. The SMILES string of the molecule is [Ca+2].[Cl-].[Cl-].[Mn+2]. The summed E-state index contributed by atoms with van der Waals surface area (Å²) in [6.07, 6.45) is 0. The van der Waals surface area contributed by atoms with Crippen LogP contribution in [0.15, 0.2) is 0 Å². The topological polar surface area (TPSA) is 0 Å². The van der Waals surface area contributed by atoms with Crippen LogP contribution in [0.3, 0.4) is 0 Å². The summed E-state index contributed by atoms with van der Waals surface area (Å²) in [5.41, 5.74) is 0. The second-order valence-corrected chi connectivity index (χ2v) is 0. The molecule has 4 heteroatoms. The molecule has 0 nitrogen and oxygen atoms in total. The summed E-state index contributed by atoms with van der Waals surface area (Å²) in [4.78, 5) is 0. The Morgan fingerprint density at radius 2 is 0.750 bits per heavy atom. The Morgan fingerprint density at radius 3 is 0.750 bits per heavy atom. The molecule has 0 aromatic heterocycles. The number of hydrogen-bond acceptors (Lipinski definition) is 0. The molecule has 4 heavy (non-hydrogen) atoms. The van der Waals surface area contributed by atoms with Crippen LogP contribution in [0.1, 0.15) is 0 Å². The molecule has 0 amide bonds. The van der Waals surface area contributed by atoms with Crippen molar-refractivity contribution in [3.8, 4) is 0 Å². The summed E-state index contributed by atoms with van der Waals surface area (Å²) in [5, 5.41) is 0. The minimum absolute atomic E-state index is 0. The van der Waals surface area contributed by atoms with Gasteiger partial charge in [-0.15, -0.1) is 0 Å². The Morgan fingerprint density at radius 1 is 0.750 bits per heavy atom. The van der Waals surface area contributed by atoms with Crippen molar-refractivity contribution < 1.29 is 41.9 Å². The molecule has 0 aromatic rings. The van der Waals surface area contributed by atoms with E-state index in [4.69, 9.17) is 0 Å². The Kier molecular flexibility index (Phi) is 150. The van der Waals surface area contributed by atoms with Gasteiger partial charge in [-0.25, -0.2) is 0 Å². The fourth-order valence-corrected chi connectivity index (χ4v) is 0. The zero-order valence-electron chi connectivity index (χ0n) is 1.84. The first-order valence-corrected chi connectivity index (χ1v) is 0. The maximum Gasteiger partial charge on any atom is 2.00 e. The zero-order chi connectivity index (χ0) is 0. The smallest absolute Gasteiger partial charge is 1.00 e. The first-order valence-electron chi connectivity index (χ1n) is 0. The van der Waals surface area contributed by atoms with Gasteiger partial charge in [0.2, 0.25) is 0 Å². The van der Waals surface area contributed by atoms with Gasteiger partial charge < -0.3 is 24.8 Å². The van der Waals surface area contributed by atoms with Gasteiger partial charge in [0, 0.05) is 0 Å². The first kappa shape index (κ1) is 32.8. The predicted octanol–water partition coefficient (Wildman–Crippen LogP) is -6.38. The largest absolute Gasteiger partial charge is 2.00 e. The van der Waals surface area contributed by atoms with Crippen molar-refractivity contribution >= 4 is 37.7 Å². The van der Waals surface area contributed by atoms with Crippen LogP contribution in [0.2, 0.25) is 0 Å². The van der Waals surface area contributed by atoms with E-state index in [1.807, 2.05) is 0 Å². The minimum atomic E-state index is 0. The maximum absolute atomic E-state index is 0. The maximum atomic E-state index is 0. The van der Waals surface area contributed by atoms with Gasteiger partial charge in [-0.05, 0) is 0 Å². The monoisotopic (exact) mass is 165 g/mol. The van der Waals surface area contributed by atoms with Crippen LogP contribution in [0.4, 0.5) is 0 Å². The third-order valence-electron chi connectivity index (χ3n) is 0. The van der Waals surface area contributed by atoms with Crippen molar-refractivity contribution in [3.63, 3.8) is 0 Å². The molecule has 0 unspecified atom stereocenters. The average molecular weight is 166 g/mol. The molecule has 0 saturated heterocycles. The molecule has 0 heterocycles. The third kappa shape index (κ3) is 8.84. The fraction of sp³-hybridized carbons (Fsp3) is 0. The quantitative estimate of drug-likeness (QED) is 0.314. The Balaban J connectivity index is 0. The van der Waals surface area contributed by atoms with E-state index in [-0.39, 0.29) is 79.6 Å². The van der Waals surface area contributed by atoms with Crippen LogP contribution in [-0.4, -0.2) is 37.7 Å². The van der Waals surface area contributed by atoms with Gasteiger partial charge in [0.05, 0.1) is 0 Å². The van der Waals surface area contributed by atoms with E-state index < -0.39 is 0 Å². The van der Waals surface area contributed by atoms with Gasteiger partial charge in [-0.2, -0.15) is 0 Å². The zero-order valence-corrected chi connectivity index (χ0v) is 6.74. The molecule has 0 saturated carbocycles. The molecule has 0 aliphatic rings. The van der Waals surface area contributed by atoms with E-state index in [1.54, 1.807) is 0 Å². The van der Waals surface area contributed by atoms with E-state index >= 15 is 0 Å². The van der Waals surface area contributed by atoms with Crippen LogP contribution in [0.25, 0.3) is 0 Å². The molecule has 0 spiro atoms. The van der Waals surface area contributed by atoms with Crippen molar-refractivity contribution in [3.05, 3.63) is 0 Å². The molecule has 0 bridgehead atoms. The number of halogens is 2. The van der Waals surface area contributed by atoms with E-state index in [0.29, 0.717) is 0 Å². The van der Waals surface area contributed by atoms with Gasteiger partial charge in [0.15, 0.2) is 0 Å². The molecular weight excluding hydrogens is 166 g/mol. The van der Waals surface area contributed by atoms with Crippen LogP contribution in [0.5, 0.6) is 0 Å². The van der Waals surface area contributed by atoms with E-state index in [9.17, 15) is 0 Å². The molecule has 0 rings (SSSR count). The standard InChI is InChI=1S/Ca.2ClH.Mn/h;2*1H;/q+2;;;+2/p-2. The van der Waals surface area contributed by atoms with Crippen LogP contribution in [0, 0.1) is 0 Å². The number of rotatable bonds is 0. The average Bonchev–Trinajstić information content (AvgIpc) is 0. The molecular formula is CaCl2Mn+2. The van der Waals surface area contributed by atoms with E-state index in [2.05, 4.69) is 0 Å². The normalized spacial score (nSPS) is 0. The van der Waals surface area contributed by atoms with Crippen molar-refractivity contribution in [1.82, 2.24) is 0 Å². The second kappa shape index (κ2) is 18.3. The molecule has 0 aliphatic heterocycles. The summed E-state index contributed by atoms with van der Waals surface area (Å²) in [6.45, 7) is 0. The Hall–Kier alpha value is 2.36. The molecule has 21 valence electrons. The molecule has 0 aromatic carbocycles. The molecule has 1 radical (unpaired) electrons. The van der Waals surface area contributed by atoms with Crippen LogP contribution >= 0.6 is 0 Å². The fourth-order valence-electron chi connectivity index (χ4n) is 0. The van der Waals surface area contributed by atoms with Gasteiger partial charge in [-0.3, -0.25) is 0 Å².